The van der Waals surface area contributed by atoms with Crippen molar-refractivity contribution in [3.8, 4) is 0 Å². The summed E-state index contributed by atoms with van der Waals surface area (Å²) in [5.74, 6) is -4.93. The van der Waals surface area contributed by atoms with E-state index >= 15 is 0 Å². The van der Waals surface area contributed by atoms with Crippen LogP contribution in [0.25, 0.3) is 0 Å². The van der Waals surface area contributed by atoms with Gasteiger partial charge in [-0.3, -0.25) is 19.2 Å². The lowest BCUT2D eigenvalue weighted by molar-refractivity contribution is -0.326. The van der Waals surface area contributed by atoms with Crippen LogP contribution in [-0.4, -0.2) is 78.8 Å². The van der Waals surface area contributed by atoms with E-state index in [1.807, 2.05) is 0 Å². The summed E-state index contributed by atoms with van der Waals surface area (Å²) in [6, 6.07) is 0. The number of aliphatic hydroxyl groups excluding tert-OH is 1. The van der Waals surface area contributed by atoms with Gasteiger partial charge in [-0.15, -0.1) is 0 Å². The molecule has 1 saturated heterocycles. The molecule has 0 amide bonds. The molecule has 1 heterocycles. The van der Waals surface area contributed by atoms with Gasteiger partial charge in [0, 0.05) is 0 Å². The van der Waals surface area contributed by atoms with Gasteiger partial charge in [-0.2, -0.15) is 0 Å². The Morgan fingerprint density at radius 2 is 1.33 bits per heavy atom. The molecule has 6 N–H and O–H groups in total. The highest BCUT2D eigenvalue weighted by Gasteiger charge is 2.78. The molecule has 1 rings (SSSR count). The van der Waals surface area contributed by atoms with E-state index in [0.717, 1.165) is 20.8 Å². The number of ether oxygens (including phenoxy) is 1. The summed E-state index contributed by atoms with van der Waals surface area (Å²) in [6.45, 7) is 3.10. The van der Waals surface area contributed by atoms with Gasteiger partial charge in [0.25, 0.3) is 0 Å². The van der Waals surface area contributed by atoms with Crippen molar-refractivity contribution >= 4 is 23.1 Å². The molecule has 0 spiro atoms. The van der Waals surface area contributed by atoms with Crippen molar-refractivity contribution < 1.29 is 44.3 Å². The van der Waals surface area contributed by atoms with Crippen molar-refractivity contribution in [2.75, 3.05) is 0 Å². The molecule has 24 heavy (non-hydrogen) atoms. The van der Waals surface area contributed by atoms with Crippen LogP contribution in [0.2, 0.25) is 0 Å². The molecule has 0 aromatic carbocycles. The number of hydrogen-bond acceptors (Lipinski definition) is 10. The number of ketones is 4. The molecule has 0 aromatic heterocycles. The quantitative estimate of drug-likeness (QED) is 0.335. The lowest BCUT2D eigenvalue weighted by Crippen LogP contribution is -2.88. The Morgan fingerprint density at radius 1 is 0.917 bits per heavy atom. The van der Waals surface area contributed by atoms with E-state index in [9.17, 15) is 39.6 Å². The van der Waals surface area contributed by atoms with Gasteiger partial charge in [0.1, 0.15) is 18.4 Å². The van der Waals surface area contributed by atoms with Crippen molar-refractivity contribution in [2.24, 2.45) is 5.73 Å². The van der Waals surface area contributed by atoms with Gasteiger partial charge < -0.3 is 30.9 Å². The number of carbonyl (C=O) groups excluding carboxylic acids is 4. The van der Waals surface area contributed by atoms with Crippen LogP contribution in [0.5, 0.6) is 0 Å². The molecular weight excluding hydrogens is 326 g/mol. The zero-order valence-corrected chi connectivity index (χ0v) is 13.6. The third-order valence-electron chi connectivity index (χ3n) is 4.51. The summed E-state index contributed by atoms with van der Waals surface area (Å²) in [7, 11) is 0. The van der Waals surface area contributed by atoms with Gasteiger partial charge in [0.15, 0.2) is 28.7 Å². The van der Waals surface area contributed by atoms with E-state index in [1.54, 1.807) is 0 Å². The van der Waals surface area contributed by atoms with Gasteiger partial charge in [-0.05, 0) is 27.7 Å². The normalized spacial score (nSPS) is 40.7. The zero-order valence-electron chi connectivity index (χ0n) is 13.6. The van der Waals surface area contributed by atoms with Crippen LogP contribution in [0, 0.1) is 0 Å². The molecule has 6 atom stereocenters. The van der Waals surface area contributed by atoms with Crippen LogP contribution >= 0.6 is 0 Å². The first kappa shape index (κ1) is 20.5. The first-order valence-corrected chi connectivity index (χ1v) is 7.00. The van der Waals surface area contributed by atoms with E-state index in [0.29, 0.717) is 6.92 Å². The molecule has 1 aliphatic heterocycles. The number of nitrogens with two attached hydrogens (primary N) is 1. The molecule has 1 fully saturated rings. The Hall–Kier alpha value is -1.56. The predicted molar refractivity (Wildman–Crippen MR) is 76.4 cm³/mol. The maximum atomic E-state index is 12.1. The van der Waals surface area contributed by atoms with Crippen LogP contribution in [0.1, 0.15) is 27.7 Å². The largest absolute Gasteiger partial charge is 0.382 e. The summed E-state index contributed by atoms with van der Waals surface area (Å²) < 4.78 is 4.96. The molecule has 0 radical (unpaired) electrons. The highest BCUT2D eigenvalue weighted by molar-refractivity contribution is 6.05. The molecule has 10 nitrogen and oxygen atoms in total. The fourth-order valence-electron chi connectivity index (χ4n) is 3.02. The predicted octanol–water partition coefficient (Wildman–Crippen LogP) is -3.42. The molecule has 10 heteroatoms. The summed E-state index contributed by atoms with van der Waals surface area (Å²) >= 11 is 0. The standard InChI is InChI=1S/C14H21NO9/c1-5(16)9(20)10-12(21,6(2)17)14(23,8(4)19)13(22,7(3)18)11(15)24-10/h9-11,20-23H,15H2,1-4H3/t9?,10-,11?,12+,13+,14+/m1/s1. The molecule has 0 aliphatic carbocycles. The van der Waals surface area contributed by atoms with E-state index < -0.39 is 58.4 Å². The van der Waals surface area contributed by atoms with Gasteiger partial charge in [-0.1, -0.05) is 0 Å². The molecule has 2 unspecified atom stereocenters. The minimum atomic E-state index is -3.45. The number of carbonyl (C=O) groups is 4. The van der Waals surface area contributed by atoms with Gasteiger partial charge >= 0.3 is 0 Å². The van der Waals surface area contributed by atoms with E-state index in [2.05, 4.69) is 0 Å². The van der Waals surface area contributed by atoms with Crippen LogP contribution in [0.15, 0.2) is 0 Å². The molecule has 0 aromatic rings. The average molecular weight is 347 g/mol. The molecule has 136 valence electrons. The van der Waals surface area contributed by atoms with Crippen molar-refractivity contribution in [2.45, 2.75) is 62.9 Å². The second kappa shape index (κ2) is 6.06. The maximum absolute atomic E-state index is 12.1. The van der Waals surface area contributed by atoms with E-state index in [1.165, 1.54) is 0 Å². The lowest BCUT2D eigenvalue weighted by Gasteiger charge is -2.57. The summed E-state index contributed by atoms with van der Waals surface area (Å²) in [6.07, 6.45) is -6.45. The van der Waals surface area contributed by atoms with Crippen molar-refractivity contribution in [1.29, 1.82) is 0 Å². The Bertz CT molecular complexity index is 605. The Balaban J connectivity index is 3.86. The number of rotatable bonds is 5. The van der Waals surface area contributed by atoms with Crippen molar-refractivity contribution in [1.82, 2.24) is 0 Å². The third-order valence-corrected chi connectivity index (χ3v) is 4.51. The third kappa shape index (κ3) is 2.26. The second-order valence-corrected chi connectivity index (χ2v) is 5.94. The van der Waals surface area contributed by atoms with Crippen LogP contribution in [-0.2, 0) is 23.9 Å². The Kier molecular flexibility index (Phi) is 5.17. The van der Waals surface area contributed by atoms with Crippen LogP contribution in [0.3, 0.4) is 0 Å². The molecule has 0 saturated carbocycles. The zero-order chi connectivity index (χ0) is 19.2. The van der Waals surface area contributed by atoms with E-state index in [4.69, 9.17) is 10.5 Å². The Morgan fingerprint density at radius 3 is 1.62 bits per heavy atom. The summed E-state index contributed by atoms with van der Waals surface area (Å²) in [5.41, 5.74) is -4.41. The van der Waals surface area contributed by atoms with Crippen molar-refractivity contribution in [3.63, 3.8) is 0 Å². The van der Waals surface area contributed by atoms with Gasteiger partial charge in [-0.25, -0.2) is 0 Å². The average Bonchev–Trinajstić information content (AvgIpc) is 2.46. The second-order valence-electron chi connectivity index (χ2n) is 5.94. The molecular formula is C14H21NO9. The smallest absolute Gasteiger partial charge is 0.201 e. The fourth-order valence-corrected chi connectivity index (χ4v) is 3.02. The minimum Gasteiger partial charge on any atom is -0.382 e. The minimum absolute atomic E-state index is 0.705. The fraction of sp³-hybridized carbons (Fsp3) is 0.714. The summed E-state index contributed by atoms with van der Waals surface area (Å²) in [5, 5.41) is 42.1. The number of Topliss-reactive ketones (excluding diaryl/α,β-unsaturated/α-hetero) is 4. The SMILES string of the molecule is CC(=O)C(O)[C@H]1OC(N)[C@@](O)(C(C)=O)[C@](O)(C(C)=O)[C@]1(O)C(C)=O. The monoisotopic (exact) mass is 347 g/mol. The lowest BCUT2D eigenvalue weighted by atomic mass is 9.60. The van der Waals surface area contributed by atoms with Crippen molar-refractivity contribution in [3.05, 3.63) is 0 Å². The maximum Gasteiger partial charge on any atom is 0.201 e. The summed E-state index contributed by atoms with van der Waals surface area (Å²) in [4.78, 5) is 47.5. The molecule has 1 aliphatic rings. The molecule has 0 bridgehead atoms. The highest BCUT2D eigenvalue weighted by atomic mass is 16.6. The first-order valence-electron chi connectivity index (χ1n) is 7.00. The van der Waals surface area contributed by atoms with Crippen LogP contribution < -0.4 is 5.73 Å². The topological polar surface area (TPSA) is 184 Å². The Labute approximate surface area is 137 Å². The van der Waals surface area contributed by atoms with Gasteiger partial charge in [0.2, 0.25) is 11.2 Å². The number of aliphatic hydroxyl groups is 4. The van der Waals surface area contributed by atoms with Gasteiger partial charge in [0.05, 0.1) is 0 Å². The highest BCUT2D eigenvalue weighted by Crippen LogP contribution is 2.46. The number of hydrogen-bond donors (Lipinski definition) is 5. The first-order chi connectivity index (χ1) is 10.7. The van der Waals surface area contributed by atoms with E-state index in [-0.39, 0.29) is 0 Å². The van der Waals surface area contributed by atoms with Crippen LogP contribution in [0.4, 0.5) is 0 Å².